The lowest BCUT2D eigenvalue weighted by molar-refractivity contribution is -0.118. The van der Waals surface area contributed by atoms with Crippen LogP contribution in [0.2, 0.25) is 0 Å². The van der Waals surface area contributed by atoms with Crippen molar-refractivity contribution in [1.29, 1.82) is 0 Å². The molecule has 4 nitrogen and oxygen atoms in total. The van der Waals surface area contributed by atoms with Gasteiger partial charge in [-0.05, 0) is 34.5 Å². The molecule has 0 atom stereocenters. The van der Waals surface area contributed by atoms with Crippen molar-refractivity contribution in [3.05, 3.63) is 40.0 Å². The number of ketones is 1. The number of Topliss-reactive ketones (excluding diaryl/α,β-unsaturated/α-hetero) is 1. The predicted octanol–water partition coefficient (Wildman–Crippen LogP) is 3.08. The number of nitrogens with zero attached hydrogens (tertiary/aromatic N) is 2. The van der Waals surface area contributed by atoms with Gasteiger partial charge in [-0.3, -0.25) is 9.48 Å². The third-order valence-electron chi connectivity index (χ3n) is 3.10. The predicted molar refractivity (Wildman–Crippen MR) is 76.0 cm³/mol. The minimum atomic E-state index is 0.197. The van der Waals surface area contributed by atoms with Crippen LogP contribution in [0, 0.1) is 0 Å². The SMILES string of the molecule is CCc1nn(C)c(CC(=O)CCc2ccco2)c1Br. The summed E-state index contributed by atoms with van der Waals surface area (Å²) in [4.78, 5) is 12.0. The fraction of sp³-hybridized carbons (Fsp3) is 0.429. The zero-order valence-corrected chi connectivity index (χ0v) is 12.7. The maximum Gasteiger partial charge on any atom is 0.139 e. The standard InChI is InChI=1S/C14H17BrN2O2/c1-3-12-14(15)13(17(2)16-12)9-10(18)6-7-11-5-4-8-19-11/h4-5,8H,3,6-7,9H2,1-2H3. The van der Waals surface area contributed by atoms with E-state index in [1.165, 1.54) is 0 Å². The van der Waals surface area contributed by atoms with E-state index in [0.717, 1.165) is 28.0 Å². The highest BCUT2D eigenvalue weighted by molar-refractivity contribution is 9.10. The van der Waals surface area contributed by atoms with Gasteiger partial charge in [0.15, 0.2) is 0 Å². The molecule has 19 heavy (non-hydrogen) atoms. The summed E-state index contributed by atoms with van der Waals surface area (Å²) in [5.41, 5.74) is 1.94. The highest BCUT2D eigenvalue weighted by atomic mass is 79.9. The molecule has 0 spiro atoms. The molecule has 0 aliphatic rings. The summed E-state index contributed by atoms with van der Waals surface area (Å²) in [6, 6.07) is 3.73. The average Bonchev–Trinajstić information content (AvgIpc) is 2.99. The normalized spacial score (nSPS) is 10.9. The van der Waals surface area contributed by atoms with Crippen molar-refractivity contribution >= 4 is 21.7 Å². The summed E-state index contributed by atoms with van der Waals surface area (Å²) in [5, 5.41) is 4.39. The maximum atomic E-state index is 12.0. The molecule has 5 heteroatoms. The van der Waals surface area contributed by atoms with Crippen LogP contribution in [-0.2, 0) is 31.1 Å². The molecule has 0 N–H and O–H groups in total. The van der Waals surface area contributed by atoms with E-state index in [9.17, 15) is 4.79 Å². The second-order valence-corrected chi connectivity index (χ2v) is 5.27. The third kappa shape index (κ3) is 3.35. The Hall–Kier alpha value is -1.36. The number of aryl methyl sites for hydroxylation is 3. The fourth-order valence-corrected chi connectivity index (χ4v) is 2.76. The molecular weight excluding hydrogens is 308 g/mol. The largest absolute Gasteiger partial charge is 0.469 e. The molecule has 0 fully saturated rings. The molecule has 0 saturated carbocycles. The van der Waals surface area contributed by atoms with Gasteiger partial charge in [0.1, 0.15) is 11.5 Å². The number of halogens is 1. The maximum absolute atomic E-state index is 12.0. The van der Waals surface area contributed by atoms with Gasteiger partial charge >= 0.3 is 0 Å². The lowest BCUT2D eigenvalue weighted by Crippen LogP contribution is -2.08. The Morgan fingerprint density at radius 2 is 2.32 bits per heavy atom. The first kappa shape index (κ1) is 14.1. The van der Waals surface area contributed by atoms with E-state index in [1.54, 1.807) is 10.9 Å². The van der Waals surface area contributed by atoms with Crippen molar-refractivity contribution in [3.8, 4) is 0 Å². The number of furan rings is 1. The quantitative estimate of drug-likeness (QED) is 0.820. The van der Waals surface area contributed by atoms with Crippen molar-refractivity contribution in [2.24, 2.45) is 7.05 Å². The van der Waals surface area contributed by atoms with Crippen LogP contribution in [0.4, 0.5) is 0 Å². The highest BCUT2D eigenvalue weighted by Gasteiger charge is 2.15. The van der Waals surface area contributed by atoms with Crippen LogP contribution < -0.4 is 0 Å². The molecule has 0 aliphatic heterocycles. The average molecular weight is 325 g/mol. The van der Waals surface area contributed by atoms with Gasteiger partial charge in [-0.1, -0.05) is 6.92 Å². The topological polar surface area (TPSA) is 48.0 Å². The van der Waals surface area contributed by atoms with E-state index < -0.39 is 0 Å². The zero-order valence-electron chi connectivity index (χ0n) is 11.1. The smallest absolute Gasteiger partial charge is 0.139 e. The van der Waals surface area contributed by atoms with E-state index in [4.69, 9.17) is 4.42 Å². The zero-order chi connectivity index (χ0) is 13.8. The molecule has 2 aromatic rings. The second-order valence-electron chi connectivity index (χ2n) is 4.48. The molecule has 2 rings (SSSR count). The Kier molecular flexibility index (Phi) is 4.58. The molecule has 0 unspecified atom stereocenters. The van der Waals surface area contributed by atoms with Crippen molar-refractivity contribution in [2.45, 2.75) is 32.6 Å². The molecule has 2 aromatic heterocycles. The number of carbonyl (C=O) groups excluding carboxylic acids is 1. The van der Waals surface area contributed by atoms with Crippen LogP contribution in [-0.4, -0.2) is 15.6 Å². The molecule has 0 amide bonds. The minimum Gasteiger partial charge on any atom is -0.469 e. The Morgan fingerprint density at radius 1 is 1.53 bits per heavy atom. The summed E-state index contributed by atoms with van der Waals surface area (Å²) in [7, 11) is 1.87. The Labute approximate surface area is 120 Å². The van der Waals surface area contributed by atoms with E-state index >= 15 is 0 Å². The van der Waals surface area contributed by atoms with Gasteiger partial charge in [0, 0.05) is 26.3 Å². The number of hydrogen-bond donors (Lipinski definition) is 0. The van der Waals surface area contributed by atoms with Crippen LogP contribution in [0.3, 0.4) is 0 Å². The van der Waals surface area contributed by atoms with E-state index in [2.05, 4.69) is 28.0 Å². The van der Waals surface area contributed by atoms with E-state index in [0.29, 0.717) is 19.3 Å². The van der Waals surface area contributed by atoms with Crippen molar-refractivity contribution < 1.29 is 9.21 Å². The number of aromatic nitrogens is 2. The summed E-state index contributed by atoms with van der Waals surface area (Å²) in [5.74, 6) is 1.05. The lowest BCUT2D eigenvalue weighted by Gasteiger charge is -2.02. The molecule has 2 heterocycles. The van der Waals surface area contributed by atoms with Crippen molar-refractivity contribution in [3.63, 3.8) is 0 Å². The summed E-state index contributed by atoms with van der Waals surface area (Å²) in [6.45, 7) is 2.05. The first-order chi connectivity index (χ1) is 9.11. The van der Waals surface area contributed by atoms with Crippen LogP contribution in [0.1, 0.15) is 30.5 Å². The fourth-order valence-electron chi connectivity index (χ4n) is 2.00. The van der Waals surface area contributed by atoms with Crippen LogP contribution in [0.5, 0.6) is 0 Å². The molecule has 0 aliphatic carbocycles. The van der Waals surface area contributed by atoms with Crippen LogP contribution in [0.25, 0.3) is 0 Å². The summed E-state index contributed by atoms with van der Waals surface area (Å²) >= 11 is 3.53. The van der Waals surface area contributed by atoms with Gasteiger partial charge in [-0.15, -0.1) is 0 Å². The molecular formula is C14H17BrN2O2. The third-order valence-corrected chi connectivity index (χ3v) is 4.01. The van der Waals surface area contributed by atoms with Gasteiger partial charge in [0.2, 0.25) is 0 Å². The first-order valence-electron chi connectivity index (χ1n) is 6.36. The molecule has 0 aromatic carbocycles. The van der Waals surface area contributed by atoms with Crippen LogP contribution in [0.15, 0.2) is 27.3 Å². The lowest BCUT2D eigenvalue weighted by atomic mass is 10.1. The highest BCUT2D eigenvalue weighted by Crippen LogP contribution is 2.22. The Balaban J connectivity index is 1.97. The molecule has 0 bridgehead atoms. The van der Waals surface area contributed by atoms with Crippen molar-refractivity contribution in [1.82, 2.24) is 9.78 Å². The number of hydrogen-bond acceptors (Lipinski definition) is 3. The molecule has 0 radical (unpaired) electrons. The van der Waals surface area contributed by atoms with Gasteiger partial charge in [-0.2, -0.15) is 5.10 Å². The van der Waals surface area contributed by atoms with Gasteiger partial charge in [0.05, 0.1) is 22.1 Å². The Bertz CT molecular complexity index is 558. The number of carbonyl (C=O) groups is 1. The first-order valence-corrected chi connectivity index (χ1v) is 7.15. The second kappa shape index (κ2) is 6.19. The number of rotatable bonds is 6. The Morgan fingerprint density at radius 3 is 2.89 bits per heavy atom. The molecule has 0 saturated heterocycles. The van der Waals surface area contributed by atoms with Crippen LogP contribution >= 0.6 is 15.9 Å². The van der Waals surface area contributed by atoms with Gasteiger partial charge in [0.25, 0.3) is 0 Å². The van der Waals surface area contributed by atoms with E-state index in [-0.39, 0.29) is 5.78 Å². The minimum absolute atomic E-state index is 0.197. The van der Waals surface area contributed by atoms with E-state index in [1.807, 2.05) is 19.2 Å². The summed E-state index contributed by atoms with van der Waals surface area (Å²) in [6.07, 6.45) is 4.04. The monoisotopic (exact) mass is 324 g/mol. The van der Waals surface area contributed by atoms with Gasteiger partial charge < -0.3 is 4.42 Å². The molecule has 102 valence electrons. The summed E-state index contributed by atoms with van der Waals surface area (Å²) < 4.78 is 7.97. The van der Waals surface area contributed by atoms with Gasteiger partial charge in [-0.25, -0.2) is 0 Å². The van der Waals surface area contributed by atoms with Crippen molar-refractivity contribution in [2.75, 3.05) is 0 Å².